The Morgan fingerprint density at radius 1 is 0.778 bits per heavy atom. The fourth-order valence-corrected chi connectivity index (χ4v) is 2.96. The van der Waals surface area contributed by atoms with Crippen LogP contribution in [-0.2, 0) is 11.2 Å². The zero-order valence-electron chi connectivity index (χ0n) is 14.7. The van der Waals surface area contributed by atoms with Crippen molar-refractivity contribution in [1.29, 1.82) is 0 Å². The third kappa shape index (κ3) is 4.18. The van der Waals surface area contributed by atoms with Crippen LogP contribution in [0.1, 0.15) is 12.0 Å². The van der Waals surface area contributed by atoms with Gasteiger partial charge in [-0.3, -0.25) is 4.79 Å². The van der Waals surface area contributed by atoms with Crippen LogP contribution in [0.4, 0.5) is 0 Å². The lowest BCUT2D eigenvalue weighted by atomic mass is 10.1. The summed E-state index contributed by atoms with van der Waals surface area (Å²) in [6.07, 6.45) is 2.91. The van der Waals surface area contributed by atoms with E-state index in [2.05, 4.69) is 11.1 Å². The van der Waals surface area contributed by atoms with E-state index in [0.717, 1.165) is 22.2 Å². The summed E-state index contributed by atoms with van der Waals surface area (Å²) in [5.41, 5.74) is 2.20. The largest absolute Gasteiger partial charge is 0.457 e. The molecule has 0 fully saturated rings. The molecule has 1 heterocycles. The molecule has 0 radical (unpaired) electrons. The van der Waals surface area contributed by atoms with Crippen LogP contribution in [0.25, 0.3) is 10.9 Å². The molecular weight excluding hydrogens is 338 g/mol. The molecule has 0 amide bonds. The fraction of sp³-hybridized carbons (Fsp3) is 0.0870. The smallest absolute Gasteiger partial charge is 0.311 e. The zero-order chi connectivity index (χ0) is 18.5. The predicted octanol–water partition coefficient (Wildman–Crippen LogP) is 5.50. The van der Waals surface area contributed by atoms with Crippen molar-refractivity contribution in [2.45, 2.75) is 12.8 Å². The number of ether oxygens (including phenoxy) is 2. The highest BCUT2D eigenvalue weighted by molar-refractivity contribution is 5.83. The highest BCUT2D eigenvalue weighted by atomic mass is 16.5. The minimum Gasteiger partial charge on any atom is -0.457 e. The van der Waals surface area contributed by atoms with Crippen molar-refractivity contribution in [3.8, 4) is 17.2 Å². The maximum atomic E-state index is 12.2. The normalized spacial score (nSPS) is 10.7. The molecule has 0 aliphatic rings. The summed E-state index contributed by atoms with van der Waals surface area (Å²) in [6.45, 7) is 0. The number of benzene rings is 3. The van der Waals surface area contributed by atoms with Gasteiger partial charge in [0.25, 0.3) is 0 Å². The highest BCUT2D eigenvalue weighted by Gasteiger charge is 2.09. The first-order valence-electron chi connectivity index (χ1n) is 8.86. The van der Waals surface area contributed by atoms with E-state index in [1.54, 1.807) is 24.3 Å². The van der Waals surface area contributed by atoms with Gasteiger partial charge < -0.3 is 14.5 Å². The molecule has 1 N–H and O–H groups in total. The van der Waals surface area contributed by atoms with Crippen molar-refractivity contribution in [1.82, 2.24) is 4.98 Å². The Labute approximate surface area is 157 Å². The summed E-state index contributed by atoms with van der Waals surface area (Å²) in [7, 11) is 0. The number of aryl methyl sites for hydroxylation is 1. The summed E-state index contributed by atoms with van der Waals surface area (Å²) in [6, 6.07) is 24.7. The molecule has 0 atom stereocenters. The molecule has 0 aliphatic heterocycles. The molecule has 27 heavy (non-hydrogen) atoms. The number of rotatable bonds is 6. The SMILES string of the molecule is O=C(CCc1c[nH]c2ccccc12)Oc1ccc(Oc2ccccc2)cc1. The van der Waals surface area contributed by atoms with Gasteiger partial charge >= 0.3 is 5.97 Å². The van der Waals surface area contributed by atoms with Crippen molar-refractivity contribution in [2.24, 2.45) is 0 Å². The van der Waals surface area contributed by atoms with Gasteiger partial charge in [-0.1, -0.05) is 36.4 Å². The Morgan fingerprint density at radius 3 is 2.26 bits per heavy atom. The Balaban J connectivity index is 1.33. The summed E-state index contributed by atoms with van der Waals surface area (Å²) in [5, 5.41) is 1.15. The quantitative estimate of drug-likeness (QED) is 0.366. The van der Waals surface area contributed by atoms with E-state index in [0.29, 0.717) is 24.3 Å². The molecule has 0 spiro atoms. The molecule has 4 heteroatoms. The molecule has 3 aromatic carbocycles. The van der Waals surface area contributed by atoms with Crippen molar-refractivity contribution >= 4 is 16.9 Å². The van der Waals surface area contributed by atoms with Gasteiger partial charge in [0, 0.05) is 17.1 Å². The van der Waals surface area contributed by atoms with Gasteiger partial charge in [-0.05, 0) is 54.4 Å². The maximum absolute atomic E-state index is 12.2. The number of fused-ring (bicyclic) bond motifs is 1. The second-order valence-electron chi connectivity index (χ2n) is 6.22. The molecular formula is C23H19NO3. The first-order chi connectivity index (χ1) is 13.3. The van der Waals surface area contributed by atoms with E-state index in [1.165, 1.54) is 0 Å². The van der Waals surface area contributed by atoms with Gasteiger partial charge in [0.1, 0.15) is 17.2 Å². The third-order valence-corrected chi connectivity index (χ3v) is 4.31. The highest BCUT2D eigenvalue weighted by Crippen LogP contribution is 2.24. The lowest BCUT2D eigenvalue weighted by Crippen LogP contribution is -2.08. The van der Waals surface area contributed by atoms with Gasteiger partial charge in [-0.25, -0.2) is 0 Å². The van der Waals surface area contributed by atoms with Crippen LogP contribution in [0, 0.1) is 0 Å². The predicted molar refractivity (Wildman–Crippen MR) is 105 cm³/mol. The number of nitrogens with one attached hydrogen (secondary N) is 1. The van der Waals surface area contributed by atoms with Gasteiger partial charge in [-0.15, -0.1) is 0 Å². The maximum Gasteiger partial charge on any atom is 0.311 e. The minimum absolute atomic E-state index is 0.253. The second kappa shape index (κ2) is 7.79. The van der Waals surface area contributed by atoms with E-state index in [-0.39, 0.29) is 5.97 Å². The Kier molecular flexibility index (Phi) is 4.88. The van der Waals surface area contributed by atoms with E-state index in [1.807, 2.05) is 54.7 Å². The number of aromatic nitrogens is 1. The van der Waals surface area contributed by atoms with Crippen LogP contribution in [-0.4, -0.2) is 11.0 Å². The topological polar surface area (TPSA) is 51.3 Å². The van der Waals surface area contributed by atoms with Crippen LogP contribution in [0.3, 0.4) is 0 Å². The number of hydrogen-bond donors (Lipinski definition) is 1. The molecule has 0 saturated heterocycles. The van der Waals surface area contributed by atoms with Crippen molar-refractivity contribution in [3.63, 3.8) is 0 Å². The average molecular weight is 357 g/mol. The lowest BCUT2D eigenvalue weighted by molar-refractivity contribution is -0.134. The van der Waals surface area contributed by atoms with Crippen LogP contribution >= 0.6 is 0 Å². The summed E-state index contributed by atoms with van der Waals surface area (Å²) < 4.78 is 11.2. The molecule has 0 unspecified atom stereocenters. The number of esters is 1. The van der Waals surface area contributed by atoms with Gasteiger partial charge in [-0.2, -0.15) is 0 Å². The van der Waals surface area contributed by atoms with Crippen molar-refractivity contribution in [2.75, 3.05) is 0 Å². The van der Waals surface area contributed by atoms with Crippen LogP contribution < -0.4 is 9.47 Å². The first-order valence-corrected chi connectivity index (χ1v) is 8.86. The van der Waals surface area contributed by atoms with E-state index in [9.17, 15) is 4.79 Å². The summed E-state index contributed by atoms with van der Waals surface area (Å²) >= 11 is 0. The standard InChI is InChI=1S/C23H19NO3/c25-23(15-10-17-16-24-22-9-5-4-8-21(17)22)27-20-13-11-19(12-14-20)26-18-6-2-1-3-7-18/h1-9,11-14,16,24H,10,15H2. The zero-order valence-corrected chi connectivity index (χ0v) is 14.7. The van der Waals surface area contributed by atoms with Crippen molar-refractivity contribution < 1.29 is 14.3 Å². The molecule has 1 aromatic heterocycles. The molecule has 0 aliphatic carbocycles. The summed E-state index contributed by atoms with van der Waals surface area (Å²) in [5.74, 6) is 1.72. The Bertz CT molecular complexity index is 1040. The molecule has 134 valence electrons. The first kappa shape index (κ1) is 16.9. The average Bonchev–Trinajstić information content (AvgIpc) is 3.12. The van der Waals surface area contributed by atoms with E-state index >= 15 is 0 Å². The number of para-hydroxylation sites is 2. The van der Waals surface area contributed by atoms with E-state index < -0.39 is 0 Å². The number of aromatic amines is 1. The number of hydrogen-bond acceptors (Lipinski definition) is 3. The summed E-state index contributed by atoms with van der Waals surface area (Å²) in [4.78, 5) is 15.4. The van der Waals surface area contributed by atoms with Gasteiger partial charge in [0.2, 0.25) is 0 Å². The lowest BCUT2D eigenvalue weighted by Gasteiger charge is -2.07. The third-order valence-electron chi connectivity index (χ3n) is 4.31. The monoisotopic (exact) mass is 357 g/mol. The van der Waals surface area contributed by atoms with Crippen LogP contribution in [0.2, 0.25) is 0 Å². The molecule has 0 saturated carbocycles. The molecule has 4 nitrogen and oxygen atoms in total. The van der Waals surface area contributed by atoms with Crippen LogP contribution in [0.5, 0.6) is 17.2 Å². The Morgan fingerprint density at radius 2 is 1.44 bits per heavy atom. The van der Waals surface area contributed by atoms with Crippen LogP contribution in [0.15, 0.2) is 85.1 Å². The molecule has 4 rings (SSSR count). The number of carbonyl (C=O) groups is 1. The number of H-pyrrole nitrogens is 1. The van der Waals surface area contributed by atoms with Gasteiger partial charge in [0.05, 0.1) is 6.42 Å². The van der Waals surface area contributed by atoms with Crippen molar-refractivity contribution in [3.05, 3.63) is 90.6 Å². The Hall–Kier alpha value is -3.53. The second-order valence-corrected chi connectivity index (χ2v) is 6.22. The fourth-order valence-electron chi connectivity index (χ4n) is 2.96. The minimum atomic E-state index is -0.253. The molecule has 0 bridgehead atoms. The van der Waals surface area contributed by atoms with E-state index in [4.69, 9.17) is 9.47 Å². The number of carbonyl (C=O) groups excluding carboxylic acids is 1. The molecule has 4 aromatic rings. The van der Waals surface area contributed by atoms with Gasteiger partial charge in [0.15, 0.2) is 0 Å².